The second-order valence-corrected chi connectivity index (χ2v) is 8.28. The lowest BCUT2D eigenvalue weighted by atomic mass is 10.0. The van der Waals surface area contributed by atoms with Gasteiger partial charge in [0.1, 0.15) is 0 Å². The summed E-state index contributed by atoms with van der Waals surface area (Å²) >= 11 is 7.12. The van der Waals surface area contributed by atoms with Crippen molar-refractivity contribution in [3.05, 3.63) is 71.3 Å². The molecular formula is C18H18OS2. The van der Waals surface area contributed by atoms with E-state index in [-0.39, 0.29) is 10.5 Å². The molecule has 2 rings (SSSR count). The van der Waals surface area contributed by atoms with Crippen LogP contribution in [0.25, 0.3) is 0 Å². The van der Waals surface area contributed by atoms with E-state index in [1.54, 1.807) is 11.8 Å². The fraction of sp³-hybridized carbons (Fsp3) is 0.222. The summed E-state index contributed by atoms with van der Waals surface area (Å²) < 4.78 is 0.955. The number of thiocarbonyl (C=S) groups is 1. The van der Waals surface area contributed by atoms with E-state index >= 15 is 0 Å². The van der Waals surface area contributed by atoms with Crippen molar-refractivity contribution in [2.75, 3.05) is 0 Å². The number of carbonyl (C=O) groups excluding carboxylic acids is 1. The Bertz CT molecular complexity index is 637. The Morgan fingerprint density at radius 3 is 1.86 bits per heavy atom. The van der Waals surface area contributed by atoms with Crippen LogP contribution in [0.2, 0.25) is 0 Å². The number of carbonyl (C=O) groups is 1. The van der Waals surface area contributed by atoms with Gasteiger partial charge in [0.05, 0.1) is 4.20 Å². The molecule has 0 aliphatic carbocycles. The van der Waals surface area contributed by atoms with Gasteiger partial charge in [0, 0.05) is 15.9 Å². The van der Waals surface area contributed by atoms with Crippen molar-refractivity contribution in [2.24, 2.45) is 0 Å². The maximum Gasteiger partial charge on any atom is 0.193 e. The zero-order valence-corrected chi connectivity index (χ0v) is 14.1. The summed E-state index contributed by atoms with van der Waals surface area (Å²) in [7, 11) is 0. The number of hydrogen-bond donors (Lipinski definition) is 0. The van der Waals surface area contributed by atoms with Crippen LogP contribution in [0.3, 0.4) is 0 Å². The van der Waals surface area contributed by atoms with Gasteiger partial charge in [0.25, 0.3) is 0 Å². The average Bonchev–Trinajstić information content (AvgIpc) is 2.46. The van der Waals surface area contributed by atoms with Gasteiger partial charge < -0.3 is 0 Å². The van der Waals surface area contributed by atoms with Gasteiger partial charge in [-0.1, -0.05) is 87.6 Å². The monoisotopic (exact) mass is 314 g/mol. The largest absolute Gasteiger partial charge is 0.289 e. The third-order valence-corrected chi connectivity index (χ3v) is 4.34. The Morgan fingerprint density at radius 2 is 1.33 bits per heavy atom. The summed E-state index contributed by atoms with van der Waals surface area (Å²) in [5.41, 5.74) is 2.39. The highest BCUT2D eigenvalue weighted by Crippen LogP contribution is 2.28. The molecule has 0 radical (unpaired) electrons. The molecule has 0 spiro atoms. The minimum absolute atomic E-state index is 0.0385. The van der Waals surface area contributed by atoms with Crippen molar-refractivity contribution >= 4 is 34.0 Å². The maximum absolute atomic E-state index is 12.3. The first kappa shape index (κ1) is 15.9. The number of ketones is 1. The summed E-state index contributed by atoms with van der Waals surface area (Å²) in [6.07, 6.45) is 0. The average molecular weight is 314 g/mol. The molecular weight excluding hydrogens is 296 g/mol. The second kappa shape index (κ2) is 6.54. The molecule has 0 aliphatic rings. The smallest absolute Gasteiger partial charge is 0.193 e. The first-order valence-electron chi connectivity index (χ1n) is 6.80. The van der Waals surface area contributed by atoms with E-state index in [0.29, 0.717) is 11.1 Å². The van der Waals surface area contributed by atoms with Crippen LogP contribution in [-0.2, 0) is 0 Å². The lowest BCUT2D eigenvalue weighted by Gasteiger charge is -2.18. The van der Waals surface area contributed by atoms with Crippen LogP contribution in [0, 0.1) is 0 Å². The molecule has 0 aliphatic heterocycles. The first-order valence-corrected chi connectivity index (χ1v) is 8.02. The molecule has 0 aromatic heterocycles. The normalized spacial score (nSPS) is 11.2. The van der Waals surface area contributed by atoms with Gasteiger partial charge in [-0.05, 0) is 5.56 Å². The molecule has 21 heavy (non-hydrogen) atoms. The summed E-state index contributed by atoms with van der Waals surface area (Å²) in [6, 6.07) is 16.9. The predicted molar refractivity (Wildman–Crippen MR) is 95.4 cm³/mol. The van der Waals surface area contributed by atoms with Gasteiger partial charge in [0.2, 0.25) is 0 Å². The van der Waals surface area contributed by atoms with Crippen molar-refractivity contribution in [2.45, 2.75) is 25.5 Å². The Labute approximate surface area is 135 Å². The quantitative estimate of drug-likeness (QED) is 0.578. The fourth-order valence-electron chi connectivity index (χ4n) is 1.85. The molecule has 3 heteroatoms. The van der Waals surface area contributed by atoms with E-state index < -0.39 is 0 Å². The molecule has 0 saturated heterocycles. The maximum atomic E-state index is 12.3. The molecule has 0 fully saturated rings. The van der Waals surface area contributed by atoms with Gasteiger partial charge in [-0.3, -0.25) is 4.79 Å². The summed E-state index contributed by atoms with van der Waals surface area (Å²) in [4.78, 5) is 12.3. The van der Waals surface area contributed by atoms with Crippen LogP contribution >= 0.6 is 24.0 Å². The Balaban J connectivity index is 2.16. The van der Waals surface area contributed by atoms with Crippen LogP contribution in [0.5, 0.6) is 0 Å². The molecule has 0 saturated carbocycles. The SMILES string of the molecule is CC(C)(C)SC(=S)c1ccc(C(=O)c2ccccc2)cc1. The Hall–Kier alpha value is -1.45. The van der Waals surface area contributed by atoms with Crippen LogP contribution in [0.15, 0.2) is 54.6 Å². The first-order chi connectivity index (χ1) is 9.87. The molecule has 0 N–H and O–H groups in total. The van der Waals surface area contributed by atoms with E-state index in [4.69, 9.17) is 12.2 Å². The molecule has 0 amide bonds. The van der Waals surface area contributed by atoms with Crippen molar-refractivity contribution in [1.82, 2.24) is 0 Å². The Morgan fingerprint density at radius 1 is 0.857 bits per heavy atom. The second-order valence-electron chi connectivity index (χ2n) is 5.77. The molecule has 2 aromatic rings. The highest BCUT2D eigenvalue weighted by atomic mass is 32.2. The minimum Gasteiger partial charge on any atom is -0.289 e. The van der Waals surface area contributed by atoms with Crippen molar-refractivity contribution in [3.8, 4) is 0 Å². The highest BCUT2D eigenvalue weighted by molar-refractivity contribution is 8.24. The summed E-state index contributed by atoms with van der Waals surface area (Å²) in [5, 5.41) is 0. The molecule has 1 nitrogen and oxygen atoms in total. The summed E-state index contributed by atoms with van der Waals surface area (Å²) in [5.74, 6) is 0.0385. The zero-order valence-electron chi connectivity index (χ0n) is 12.4. The Kier molecular flexibility index (Phi) is 4.96. The van der Waals surface area contributed by atoms with Crippen molar-refractivity contribution in [1.29, 1.82) is 0 Å². The number of thioether (sulfide) groups is 1. The molecule has 0 heterocycles. The number of hydrogen-bond acceptors (Lipinski definition) is 3. The zero-order chi connectivity index (χ0) is 15.5. The van der Waals surface area contributed by atoms with Crippen LogP contribution in [0.4, 0.5) is 0 Å². The van der Waals surface area contributed by atoms with Gasteiger partial charge in [-0.25, -0.2) is 0 Å². The van der Waals surface area contributed by atoms with Gasteiger partial charge in [0.15, 0.2) is 5.78 Å². The lowest BCUT2D eigenvalue weighted by Crippen LogP contribution is -2.11. The van der Waals surface area contributed by atoms with E-state index in [9.17, 15) is 4.79 Å². The molecule has 108 valence electrons. The lowest BCUT2D eigenvalue weighted by molar-refractivity contribution is 0.103. The van der Waals surface area contributed by atoms with Crippen LogP contribution in [-0.4, -0.2) is 14.7 Å². The van der Waals surface area contributed by atoms with Gasteiger partial charge >= 0.3 is 0 Å². The molecule has 2 aromatic carbocycles. The topological polar surface area (TPSA) is 17.1 Å². The van der Waals surface area contributed by atoms with E-state index in [0.717, 1.165) is 9.76 Å². The van der Waals surface area contributed by atoms with Crippen LogP contribution < -0.4 is 0 Å². The standard InChI is InChI=1S/C18H18OS2/c1-18(2,3)21-17(20)15-11-9-14(10-12-15)16(19)13-7-5-4-6-8-13/h4-12H,1-3H3. The number of rotatable bonds is 3. The molecule has 0 atom stereocenters. The fourth-order valence-corrected chi connectivity index (χ4v) is 3.55. The number of benzene rings is 2. The molecule has 0 unspecified atom stereocenters. The van der Waals surface area contributed by atoms with Gasteiger partial charge in [-0.15, -0.1) is 11.8 Å². The third-order valence-electron chi connectivity index (χ3n) is 2.82. The summed E-state index contributed by atoms with van der Waals surface area (Å²) in [6.45, 7) is 6.41. The van der Waals surface area contributed by atoms with Crippen LogP contribution in [0.1, 0.15) is 42.3 Å². The predicted octanol–water partition coefficient (Wildman–Crippen LogP) is 5.12. The van der Waals surface area contributed by atoms with Gasteiger partial charge in [-0.2, -0.15) is 0 Å². The third kappa shape index (κ3) is 4.51. The highest BCUT2D eigenvalue weighted by Gasteiger charge is 2.15. The minimum atomic E-state index is 0.0385. The van der Waals surface area contributed by atoms with Crippen molar-refractivity contribution in [3.63, 3.8) is 0 Å². The van der Waals surface area contributed by atoms with Crippen molar-refractivity contribution < 1.29 is 4.79 Å². The van der Waals surface area contributed by atoms with E-state index in [1.807, 2.05) is 54.6 Å². The molecule has 0 bridgehead atoms. The van der Waals surface area contributed by atoms with E-state index in [1.165, 1.54) is 0 Å². The van der Waals surface area contributed by atoms with E-state index in [2.05, 4.69) is 20.8 Å².